The van der Waals surface area contributed by atoms with Crippen molar-refractivity contribution < 1.29 is 66.9 Å². The van der Waals surface area contributed by atoms with Gasteiger partial charge in [-0.1, -0.05) is 54.1 Å². The molecule has 2 aliphatic rings. The van der Waals surface area contributed by atoms with Crippen LogP contribution in [0.15, 0.2) is 77.8 Å². The molecule has 0 unspecified atom stereocenters. The molecule has 480 valence electrons. The van der Waals surface area contributed by atoms with Gasteiger partial charge in [0.25, 0.3) is 5.69 Å². The molecular weight excluding hydrogens is 1190 g/mol. The predicted molar refractivity (Wildman–Crippen MR) is 335 cm³/mol. The third-order valence-corrected chi connectivity index (χ3v) is 15.9. The molecule has 24 nitrogen and oxygen atoms in total. The summed E-state index contributed by atoms with van der Waals surface area (Å²) in [6, 6.07) is 22.7. The summed E-state index contributed by atoms with van der Waals surface area (Å²) in [6.07, 6.45) is 0.363. The lowest BCUT2D eigenvalue weighted by molar-refractivity contribution is -0.486. The van der Waals surface area contributed by atoms with Gasteiger partial charge in [-0.2, -0.15) is 5.10 Å². The lowest BCUT2D eigenvalue weighted by Crippen LogP contribution is -2.34. The summed E-state index contributed by atoms with van der Waals surface area (Å²) in [4.78, 5) is 62.0. The van der Waals surface area contributed by atoms with Crippen LogP contribution < -0.4 is 25.9 Å². The number of ether oxygens (including phenoxy) is 9. The molecule has 3 aromatic heterocycles. The number of benzene rings is 3. The monoisotopic (exact) mass is 1270 g/mol. The molecule has 89 heavy (non-hydrogen) atoms. The van der Waals surface area contributed by atoms with Crippen LogP contribution in [0.25, 0.3) is 27.5 Å². The molecule has 3 aromatic carbocycles. The number of aryl methyl sites for hydroxylation is 2. The predicted octanol–water partition coefficient (Wildman–Crippen LogP) is 5.77. The van der Waals surface area contributed by atoms with E-state index in [-0.39, 0.29) is 55.9 Å². The number of carbonyl (C=O) groups is 4. The van der Waals surface area contributed by atoms with Crippen LogP contribution in [0.2, 0.25) is 5.02 Å². The Morgan fingerprint density at radius 3 is 1.81 bits per heavy atom. The highest BCUT2D eigenvalue weighted by Gasteiger charge is 2.34. The fourth-order valence-electron chi connectivity index (χ4n) is 9.83. The van der Waals surface area contributed by atoms with E-state index in [4.69, 9.17) is 64.3 Å². The first-order valence-corrected chi connectivity index (χ1v) is 31.5. The van der Waals surface area contributed by atoms with Crippen molar-refractivity contribution in [2.75, 3.05) is 143 Å². The number of nitrogens with zero attached hydrogens (tertiary/aromatic N) is 7. The minimum atomic E-state index is -0.559. The minimum Gasteiger partial charge on any atom is -0.379 e. The van der Waals surface area contributed by atoms with Gasteiger partial charge in [-0.05, 0) is 74.0 Å². The van der Waals surface area contributed by atoms with E-state index in [9.17, 15) is 19.2 Å². The lowest BCUT2D eigenvalue weighted by atomic mass is 9.95. The topological polar surface area (TPSA) is 266 Å². The van der Waals surface area contributed by atoms with Gasteiger partial charge in [-0.15, -0.1) is 21.5 Å². The Morgan fingerprint density at radius 1 is 0.618 bits per heavy atom. The van der Waals surface area contributed by atoms with Gasteiger partial charge in [0.1, 0.15) is 23.4 Å². The Bertz CT molecular complexity index is 3250. The Balaban J connectivity index is 0.576. The van der Waals surface area contributed by atoms with Gasteiger partial charge < -0.3 is 63.5 Å². The standard InChI is InChI=1S/C63H82ClN11O13S/c1-5-80-30-31-85-29-24-74-71-60-50-11-7-6-10-48(50)43-73(53-13-9-8-12-51(53)61(60)72-74)57(79)19-18-54(76)65-21-26-82-34-39-88-41-40-86-36-32-81-25-20-55(77)66-22-27-83-33-37-87-38-35-84-28-23-67-56(78)42-52-62-70-69-46(4)75(62)63-58(44(2)45(3)89-63)59(68-52)47-14-16-49(64)17-15-47/h6-17,52H,5,18-43H2,1-4H3,(H,65,76)(H,66,77)(H,67,78)/p+1/t52-/m0/s1. The third kappa shape index (κ3) is 20.6. The molecule has 26 heteroatoms. The fourth-order valence-corrected chi connectivity index (χ4v) is 11.2. The fraction of sp³-hybridized carbons (Fsp3) is 0.508. The van der Waals surface area contributed by atoms with Crippen LogP contribution in [0, 0.1) is 20.8 Å². The van der Waals surface area contributed by atoms with Crippen molar-refractivity contribution in [2.24, 2.45) is 4.99 Å². The number of hydrogen-bond donors (Lipinski definition) is 3. The van der Waals surface area contributed by atoms with Crippen LogP contribution >= 0.6 is 22.9 Å². The van der Waals surface area contributed by atoms with Crippen LogP contribution in [0.3, 0.4) is 0 Å². The van der Waals surface area contributed by atoms with E-state index in [2.05, 4.69) is 45.1 Å². The Morgan fingerprint density at radius 2 is 1.17 bits per heavy atom. The SMILES string of the molecule is CCOCCOCCn1nc2c([nH+]1)-c1ccccc1N(C(=O)CCC(=O)NCCOCCOCCOCCOCCC(=O)NCCOCCOCCOCCNC(=O)C[C@@H]1N=C(c3ccc(Cl)cc3)c3c(sc(C)c3C)-n3c(C)nnc31)Cc1ccccc1-2. The molecule has 0 spiro atoms. The summed E-state index contributed by atoms with van der Waals surface area (Å²) in [5.74, 6) is 0.628. The number of anilines is 1. The number of aromatic amines is 1. The Kier molecular flexibility index (Phi) is 28.1. The maximum Gasteiger partial charge on any atom is 0.257 e. The molecule has 0 saturated heterocycles. The number of aromatic nitrogens is 6. The average Bonchev–Trinajstić information content (AvgIpc) is 1.68. The summed E-state index contributed by atoms with van der Waals surface area (Å²) >= 11 is 7.89. The number of halogens is 1. The van der Waals surface area contributed by atoms with E-state index in [1.807, 2.05) is 91.2 Å². The van der Waals surface area contributed by atoms with Gasteiger partial charge in [0, 0.05) is 77.2 Å². The second-order valence-corrected chi connectivity index (χ2v) is 22.4. The molecule has 0 fully saturated rings. The molecule has 0 aliphatic carbocycles. The summed E-state index contributed by atoms with van der Waals surface area (Å²) < 4.78 is 52.2. The largest absolute Gasteiger partial charge is 0.379 e. The van der Waals surface area contributed by atoms with Crippen LogP contribution in [0.4, 0.5) is 5.69 Å². The van der Waals surface area contributed by atoms with Crippen molar-refractivity contribution in [3.63, 3.8) is 0 Å². The molecule has 6 aromatic rings. The van der Waals surface area contributed by atoms with E-state index in [1.165, 1.54) is 4.88 Å². The zero-order chi connectivity index (χ0) is 62.6. The first-order valence-electron chi connectivity index (χ1n) is 30.3. The number of rotatable bonds is 40. The lowest BCUT2D eigenvalue weighted by Gasteiger charge is -2.27. The molecule has 4 N–H and O–H groups in total. The first-order chi connectivity index (χ1) is 43.5. The van der Waals surface area contributed by atoms with E-state index in [1.54, 1.807) is 21.0 Å². The Labute approximate surface area is 528 Å². The summed E-state index contributed by atoms with van der Waals surface area (Å²) in [5.41, 5.74) is 8.86. The summed E-state index contributed by atoms with van der Waals surface area (Å²) in [5, 5.41) is 27.4. The number of carbonyl (C=O) groups excluding carboxylic acids is 4. The number of thiophene rings is 1. The van der Waals surface area contributed by atoms with E-state index in [0.717, 1.165) is 67.0 Å². The average molecular weight is 1270 g/mol. The van der Waals surface area contributed by atoms with Gasteiger partial charge in [-0.25, -0.2) is 0 Å². The van der Waals surface area contributed by atoms with Crippen molar-refractivity contribution in [3.8, 4) is 27.5 Å². The molecule has 1 atom stereocenters. The summed E-state index contributed by atoms with van der Waals surface area (Å²) in [6.45, 7) is 16.8. The summed E-state index contributed by atoms with van der Waals surface area (Å²) in [7, 11) is 0. The number of H-pyrrole nitrogens is 1. The number of nitrogens with one attached hydrogen (secondary N) is 4. The van der Waals surface area contributed by atoms with Gasteiger partial charge in [0.15, 0.2) is 5.82 Å². The third-order valence-electron chi connectivity index (χ3n) is 14.4. The van der Waals surface area contributed by atoms with E-state index in [0.29, 0.717) is 156 Å². The molecule has 0 saturated carbocycles. The molecule has 2 aliphatic heterocycles. The smallest absolute Gasteiger partial charge is 0.257 e. The zero-order valence-corrected chi connectivity index (χ0v) is 52.9. The molecule has 0 radical (unpaired) electrons. The molecular formula is C63H83ClN11O13S+. The highest BCUT2D eigenvalue weighted by molar-refractivity contribution is 7.15. The number of amides is 4. The van der Waals surface area contributed by atoms with Gasteiger partial charge in [-0.3, -0.25) is 28.7 Å². The molecule has 4 amide bonds. The first kappa shape index (κ1) is 68.0. The number of aliphatic imine (C=N–C) groups is 1. The normalized spacial score (nSPS) is 13.3. The number of fused-ring (bicyclic) bond motifs is 8. The second kappa shape index (κ2) is 36.7. The van der Waals surface area contributed by atoms with Crippen LogP contribution in [-0.2, 0) is 74.9 Å². The van der Waals surface area contributed by atoms with Gasteiger partial charge in [0.2, 0.25) is 29.3 Å². The van der Waals surface area contributed by atoms with E-state index >= 15 is 0 Å². The quantitative estimate of drug-likeness (QED) is 0.0386. The molecule has 8 rings (SSSR count). The maximum atomic E-state index is 13.9. The minimum absolute atomic E-state index is 0.0294. The second-order valence-electron chi connectivity index (χ2n) is 20.7. The van der Waals surface area contributed by atoms with E-state index < -0.39 is 6.04 Å². The number of hydrogen-bond acceptors (Lipinski definition) is 18. The maximum absolute atomic E-state index is 13.9. The van der Waals surface area contributed by atoms with Crippen molar-refractivity contribution in [1.82, 2.24) is 40.6 Å². The number of para-hydroxylation sites is 1. The van der Waals surface area contributed by atoms with Crippen molar-refractivity contribution in [3.05, 3.63) is 117 Å². The van der Waals surface area contributed by atoms with Gasteiger partial charge in [0.05, 0.1) is 142 Å². The van der Waals surface area contributed by atoms with Crippen LogP contribution in [0.1, 0.15) is 77.4 Å². The van der Waals surface area contributed by atoms with Crippen molar-refractivity contribution in [2.45, 2.75) is 72.5 Å². The highest BCUT2D eigenvalue weighted by atomic mass is 35.5. The Hall–Kier alpha value is -6.88. The van der Waals surface area contributed by atoms with Crippen molar-refractivity contribution >= 4 is 58.0 Å². The van der Waals surface area contributed by atoms with Crippen LogP contribution in [0.5, 0.6) is 0 Å². The molecule has 0 bridgehead atoms. The van der Waals surface area contributed by atoms with Gasteiger partial charge >= 0.3 is 0 Å². The van der Waals surface area contributed by atoms with Crippen molar-refractivity contribution in [1.29, 1.82) is 0 Å². The zero-order valence-electron chi connectivity index (χ0n) is 51.3. The highest BCUT2D eigenvalue weighted by Crippen LogP contribution is 2.41. The molecule has 5 heterocycles. The van der Waals surface area contributed by atoms with Crippen LogP contribution in [-0.4, -0.2) is 193 Å².